The van der Waals surface area contributed by atoms with Crippen LogP contribution in [0, 0.1) is 0 Å². The minimum atomic E-state index is 0.280. The van der Waals surface area contributed by atoms with Crippen molar-refractivity contribution in [2.75, 3.05) is 6.54 Å². The van der Waals surface area contributed by atoms with Crippen LogP contribution in [-0.4, -0.2) is 23.4 Å². The van der Waals surface area contributed by atoms with Gasteiger partial charge in [0.15, 0.2) is 5.96 Å². The zero-order valence-corrected chi connectivity index (χ0v) is 11.8. The summed E-state index contributed by atoms with van der Waals surface area (Å²) in [6, 6.07) is 9.08. The third kappa shape index (κ3) is 2.46. The van der Waals surface area contributed by atoms with Crippen molar-refractivity contribution in [2.45, 2.75) is 32.4 Å². The largest absolute Gasteiger partial charge is 0.370 e. The van der Waals surface area contributed by atoms with Crippen LogP contribution in [0.3, 0.4) is 0 Å². The third-order valence-corrected chi connectivity index (χ3v) is 3.82. The molecule has 1 aliphatic heterocycles. The van der Waals surface area contributed by atoms with Crippen molar-refractivity contribution in [3.63, 3.8) is 0 Å². The molecular weight excluding hydrogens is 278 g/mol. The first kappa shape index (κ1) is 12.4. The van der Waals surface area contributed by atoms with Gasteiger partial charge in [0.2, 0.25) is 0 Å². The van der Waals surface area contributed by atoms with Crippen molar-refractivity contribution in [3.05, 3.63) is 34.3 Å². The lowest BCUT2D eigenvalue weighted by Gasteiger charge is -2.32. The van der Waals surface area contributed by atoms with Crippen LogP contribution >= 0.6 is 15.9 Å². The van der Waals surface area contributed by atoms with Crippen molar-refractivity contribution >= 4 is 21.9 Å². The number of nitrogens with zero attached hydrogens (tertiary/aromatic N) is 2. The minimum Gasteiger partial charge on any atom is -0.370 e. The van der Waals surface area contributed by atoms with Gasteiger partial charge in [-0.25, -0.2) is 0 Å². The number of guanidine groups is 1. The van der Waals surface area contributed by atoms with Crippen LogP contribution < -0.4 is 5.73 Å². The lowest BCUT2D eigenvalue weighted by atomic mass is 10.0. The molecule has 2 atom stereocenters. The molecule has 0 amide bonds. The number of hydrogen-bond donors (Lipinski definition) is 1. The van der Waals surface area contributed by atoms with E-state index in [9.17, 15) is 0 Å². The summed E-state index contributed by atoms with van der Waals surface area (Å²) in [4.78, 5) is 6.60. The molecule has 2 rings (SSSR count). The maximum Gasteiger partial charge on any atom is 0.192 e. The van der Waals surface area contributed by atoms with Gasteiger partial charge in [-0.05, 0) is 31.0 Å². The minimum absolute atomic E-state index is 0.280. The zero-order valence-electron chi connectivity index (χ0n) is 10.2. The molecule has 4 heteroatoms. The van der Waals surface area contributed by atoms with Crippen LogP contribution in [0.25, 0.3) is 0 Å². The summed E-state index contributed by atoms with van der Waals surface area (Å²) in [7, 11) is 0. The molecule has 3 nitrogen and oxygen atoms in total. The van der Waals surface area contributed by atoms with E-state index in [4.69, 9.17) is 5.73 Å². The second-order valence-electron chi connectivity index (χ2n) is 4.43. The number of nitrogens with two attached hydrogens (primary N) is 1. The maximum absolute atomic E-state index is 5.99. The monoisotopic (exact) mass is 295 g/mol. The Bertz CT molecular complexity index is 430. The standard InChI is InChI=1S/C13H18BrN3/c1-3-9(2)17-12(8-16-13(17)15)10-5-4-6-11(14)7-10/h4-7,9,12H,3,8H2,1-2H3,(H2,15,16). The molecular formula is C13H18BrN3. The average molecular weight is 296 g/mol. The van der Waals surface area contributed by atoms with E-state index in [2.05, 4.69) is 57.9 Å². The highest BCUT2D eigenvalue weighted by Crippen LogP contribution is 2.29. The van der Waals surface area contributed by atoms with Crippen molar-refractivity contribution in [1.29, 1.82) is 0 Å². The molecule has 0 saturated carbocycles. The van der Waals surface area contributed by atoms with E-state index < -0.39 is 0 Å². The van der Waals surface area contributed by atoms with Crippen LogP contribution in [0.15, 0.2) is 33.7 Å². The zero-order chi connectivity index (χ0) is 12.4. The summed E-state index contributed by atoms with van der Waals surface area (Å²) in [5.74, 6) is 0.671. The van der Waals surface area contributed by atoms with E-state index >= 15 is 0 Å². The second kappa shape index (κ2) is 5.08. The molecule has 0 fully saturated rings. The Morgan fingerprint density at radius 2 is 2.35 bits per heavy atom. The first-order chi connectivity index (χ1) is 8.13. The van der Waals surface area contributed by atoms with E-state index in [1.807, 2.05) is 6.07 Å². The highest BCUT2D eigenvalue weighted by Gasteiger charge is 2.30. The molecule has 0 aliphatic carbocycles. The van der Waals surface area contributed by atoms with Crippen molar-refractivity contribution < 1.29 is 0 Å². The van der Waals surface area contributed by atoms with Crippen LogP contribution in [0.4, 0.5) is 0 Å². The van der Waals surface area contributed by atoms with E-state index in [0.29, 0.717) is 12.0 Å². The molecule has 0 spiro atoms. The number of aliphatic imine (C=N–C) groups is 1. The molecule has 92 valence electrons. The fourth-order valence-electron chi connectivity index (χ4n) is 2.22. The molecule has 1 heterocycles. The number of halogens is 1. The van der Waals surface area contributed by atoms with E-state index in [1.54, 1.807) is 0 Å². The normalized spacial score (nSPS) is 21.5. The smallest absolute Gasteiger partial charge is 0.192 e. The highest BCUT2D eigenvalue weighted by atomic mass is 79.9. The molecule has 1 aromatic rings. The van der Waals surface area contributed by atoms with Gasteiger partial charge in [0.1, 0.15) is 0 Å². The lowest BCUT2D eigenvalue weighted by Crippen LogP contribution is -2.42. The van der Waals surface area contributed by atoms with Crippen molar-refractivity contribution in [1.82, 2.24) is 4.90 Å². The summed E-state index contributed by atoms with van der Waals surface area (Å²) in [6.07, 6.45) is 1.07. The van der Waals surface area contributed by atoms with Gasteiger partial charge >= 0.3 is 0 Å². The fourth-order valence-corrected chi connectivity index (χ4v) is 2.64. The number of rotatable bonds is 3. The first-order valence-electron chi connectivity index (χ1n) is 5.97. The molecule has 0 saturated heterocycles. The Balaban J connectivity index is 2.27. The predicted molar refractivity (Wildman–Crippen MR) is 75.0 cm³/mol. The predicted octanol–water partition coefficient (Wildman–Crippen LogP) is 2.92. The van der Waals surface area contributed by atoms with Gasteiger partial charge < -0.3 is 10.6 Å². The van der Waals surface area contributed by atoms with Gasteiger partial charge in [-0.3, -0.25) is 4.99 Å². The van der Waals surface area contributed by atoms with E-state index in [1.165, 1.54) is 5.56 Å². The Morgan fingerprint density at radius 3 is 3.00 bits per heavy atom. The van der Waals surface area contributed by atoms with Gasteiger partial charge in [0.25, 0.3) is 0 Å². The molecule has 2 N–H and O–H groups in total. The Labute approximate surface area is 111 Å². The third-order valence-electron chi connectivity index (χ3n) is 3.33. The average Bonchev–Trinajstić information content (AvgIpc) is 2.70. The SMILES string of the molecule is CCC(C)N1C(N)=NCC1c1cccc(Br)c1. The topological polar surface area (TPSA) is 41.6 Å². The van der Waals surface area contributed by atoms with Crippen molar-refractivity contribution in [3.8, 4) is 0 Å². The highest BCUT2D eigenvalue weighted by molar-refractivity contribution is 9.10. The van der Waals surface area contributed by atoms with E-state index in [-0.39, 0.29) is 6.04 Å². The molecule has 1 aliphatic rings. The van der Waals surface area contributed by atoms with Gasteiger partial charge in [-0.2, -0.15) is 0 Å². The lowest BCUT2D eigenvalue weighted by molar-refractivity contribution is 0.268. The molecule has 0 radical (unpaired) electrons. The summed E-state index contributed by atoms with van der Waals surface area (Å²) < 4.78 is 1.10. The Kier molecular flexibility index (Phi) is 3.72. The first-order valence-corrected chi connectivity index (χ1v) is 6.76. The molecule has 2 unspecified atom stereocenters. The number of hydrogen-bond acceptors (Lipinski definition) is 3. The summed E-state index contributed by atoms with van der Waals surface area (Å²) in [6.45, 7) is 5.12. The summed E-state index contributed by atoms with van der Waals surface area (Å²) in [5.41, 5.74) is 7.25. The molecule has 1 aromatic carbocycles. The summed E-state index contributed by atoms with van der Waals surface area (Å²) >= 11 is 3.51. The van der Waals surface area contributed by atoms with Gasteiger partial charge in [-0.1, -0.05) is 35.0 Å². The quantitative estimate of drug-likeness (QED) is 0.932. The van der Waals surface area contributed by atoms with Crippen LogP contribution in [0.2, 0.25) is 0 Å². The maximum atomic E-state index is 5.99. The van der Waals surface area contributed by atoms with Gasteiger partial charge in [-0.15, -0.1) is 0 Å². The summed E-state index contributed by atoms with van der Waals surface area (Å²) in [5, 5.41) is 0. The Hall–Kier alpha value is -1.03. The second-order valence-corrected chi connectivity index (χ2v) is 5.35. The molecule has 17 heavy (non-hydrogen) atoms. The van der Waals surface area contributed by atoms with Gasteiger partial charge in [0, 0.05) is 10.5 Å². The number of benzene rings is 1. The Morgan fingerprint density at radius 1 is 1.59 bits per heavy atom. The molecule has 0 aromatic heterocycles. The molecule has 0 bridgehead atoms. The van der Waals surface area contributed by atoms with Crippen LogP contribution in [0.5, 0.6) is 0 Å². The van der Waals surface area contributed by atoms with Crippen molar-refractivity contribution in [2.24, 2.45) is 10.7 Å². The van der Waals surface area contributed by atoms with E-state index in [0.717, 1.165) is 17.4 Å². The van der Waals surface area contributed by atoms with Crippen LogP contribution in [0.1, 0.15) is 31.9 Å². The van der Waals surface area contributed by atoms with Crippen LogP contribution in [-0.2, 0) is 0 Å². The van der Waals surface area contributed by atoms with Gasteiger partial charge in [0.05, 0.1) is 12.6 Å². The fraction of sp³-hybridized carbons (Fsp3) is 0.462.